The number of anilines is 2. The molecule has 0 saturated heterocycles. The summed E-state index contributed by atoms with van der Waals surface area (Å²) in [4.78, 5) is 16.9. The van der Waals surface area contributed by atoms with E-state index >= 15 is 0 Å². The molecule has 2 N–H and O–H groups in total. The van der Waals surface area contributed by atoms with Crippen LogP contribution in [0.2, 0.25) is 0 Å². The number of hydrogen-bond acceptors (Lipinski definition) is 6. The molecule has 0 spiro atoms. The summed E-state index contributed by atoms with van der Waals surface area (Å²) in [5, 5.41) is 6.42. The van der Waals surface area contributed by atoms with Crippen molar-refractivity contribution in [2.75, 3.05) is 23.7 Å². The fourth-order valence-corrected chi connectivity index (χ4v) is 1.72. The average molecular weight is 272 g/mol. The van der Waals surface area contributed by atoms with Crippen LogP contribution in [0, 0.1) is 13.8 Å². The van der Waals surface area contributed by atoms with Crippen LogP contribution in [0.5, 0.6) is 0 Å². The lowest BCUT2D eigenvalue weighted by Gasteiger charge is -2.06. The van der Waals surface area contributed by atoms with Crippen molar-refractivity contribution in [3.63, 3.8) is 0 Å². The predicted octanol–water partition coefficient (Wildman–Crippen LogP) is 2.19. The fourth-order valence-electron chi connectivity index (χ4n) is 1.72. The summed E-state index contributed by atoms with van der Waals surface area (Å²) >= 11 is 0. The van der Waals surface area contributed by atoms with E-state index in [1.54, 1.807) is 12.4 Å². The van der Waals surface area contributed by atoms with Crippen LogP contribution in [0.1, 0.15) is 24.2 Å². The molecule has 0 saturated carbocycles. The number of aromatic nitrogens is 4. The normalized spacial score (nSPS) is 10.3. The number of aryl methyl sites for hydroxylation is 2. The van der Waals surface area contributed by atoms with Gasteiger partial charge in [0.15, 0.2) is 0 Å². The Morgan fingerprint density at radius 1 is 0.800 bits per heavy atom. The van der Waals surface area contributed by atoms with E-state index in [2.05, 4.69) is 30.6 Å². The highest BCUT2D eigenvalue weighted by molar-refractivity contribution is 5.25. The van der Waals surface area contributed by atoms with Crippen LogP contribution in [0.15, 0.2) is 24.5 Å². The van der Waals surface area contributed by atoms with Gasteiger partial charge in [-0.3, -0.25) is 0 Å². The van der Waals surface area contributed by atoms with E-state index in [-0.39, 0.29) is 0 Å². The molecule has 0 atom stereocenters. The van der Waals surface area contributed by atoms with E-state index in [1.165, 1.54) is 0 Å². The van der Waals surface area contributed by atoms with Crippen molar-refractivity contribution >= 4 is 11.9 Å². The minimum atomic E-state index is 0.694. The van der Waals surface area contributed by atoms with Gasteiger partial charge in [0.1, 0.15) is 0 Å². The summed E-state index contributed by atoms with van der Waals surface area (Å²) in [6.07, 6.45) is 5.61. The second-order valence-electron chi connectivity index (χ2n) is 4.60. The maximum Gasteiger partial charge on any atom is 0.222 e. The second kappa shape index (κ2) is 7.37. The average Bonchev–Trinajstić information content (AvgIpc) is 2.43. The third-order valence-corrected chi connectivity index (χ3v) is 2.76. The van der Waals surface area contributed by atoms with Crippen molar-refractivity contribution in [1.82, 2.24) is 19.9 Å². The molecule has 0 aliphatic carbocycles. The largest absolute Gasteiger partial charge is 0.354 e. The van der Waals surface area contributed by atoms with Crippen molar-refractivity contribution in [3.05, 3.63) is 35.9 Å². The first-order valence-electron chi connectivity index (χ1n) is 6.81. The zero-order valence-corrected chi connectivity index (χ0v) is 11.9. The van der Waals surface area contributed by atoms with Gasteiger partial charge in [0.2, 0.25) is 11.9 Å². The standard InChI is InChI=1S/C14H20N6/c1-11-5-9-17-13(19-11)15-7-3-4-8-16-14-18-10-6-12(2)20-14/h5-6,9-10H,3-4,7-8H2,1-2H3,(H,15,17,19)(H,16,18,20). The summed E-state index contributed by atoms with van der Waals surface area (Å²) < 4.78 is 0. The van der Waals surface area contributed by atoms with E-state index < -0.39 is 0 Å². The van der Waals surface area contributed by atoms with Crippen LogP contribution in [0.4, 0.5) is 11.9 Å². The molecule has 6 heteroatoms. The number of nitrogens with one attached hydrogen (secondary N) is 2. The van der Waals surface area contributed by atoms with Gasteiger partial charge in [0.25, 0.3) is 0 Å². The summed E-state index contributed by atoms with van der Waals surface area (Å²) in [6.45, 7) is 5.64. The van der Waals surface area contributed by atoms with E-state index in [9.17, 15) is 0 Å². The van der Waals surface area contributed by atoms with Crippen LogP contribution in [-0.2, 0) is 0 Å². The molecular weight excluding hydrogens is 252 g/mol. The lowest BCUT2D eigenvalue weighted by molar-refractivity contribution is 0.784. The summed E-state index contributed by atoms with van der Waals surface area (Å²) in [7, 11) is 0. The van der Waals surface area contributed by atoms with Gasteiger partial charge in [-0.15, -0.1) is 0 Å². The Bertz CT molecular complexity index is 493. The molecule has 0 fully saturated rings. The first-order chi connectivity index (χ1) is 9.74. The van der Waals surface area contributed by atoms with E-state index in [0.717, 1.165) is 37.3 Å². The van der Waals surface area contributed by atoms with Crippen molar-refractivity contribution in [3.8, 4) is 0 Å². The van der Waals surface area contributed by atoms with Crippen molar-refractivity contribution in [1.29, 1.82) is 0 Å². The third-order valence-electron chi connectivity index (χ3n) is 2.76. The van der Waals surface area contributed by atoms with Gasteiger partial charge in [-0.2, -0.15) is 0 Å². The lowest BCUT2D eigenvalue weighted by Crippen LogP contribution is -2.09. The Kier molecular flexibility index (Phi) is 5.23. The Hall–Kier alpha value is -2.24. The molecule has 0 aliphatic heterocycles. The van der Waals surface area contributed by atoms with Gasteiger partial charge in [-0.05, 0) is 38.8 Å². The van der Waals surface area contributed by atoms with Gasteiger partial charge >= 0.3 is 0 Å². The molecule has 2 rings (SSSR count). The van der Waals surface area contributed by atoms with Gasteiger partial charge in [0, 0.05) is 36.9 Å². The summed E-state index contributed by atoms with van der Waals surface area (Å²) in [5.74, 6) is 1.39. The van der Waals surface area contributed by atoms with Crippen molar-refractivity contribution < 1.29 is 0 Å². The second-order valence-corrected chi connectivity index (χ2v) is 4.60. The topological polar surface area (TPSA) is 75.6 Å². The maximum atomic E-state index is 4.29. The van der Waals surface area contributed by atoms with Crippen LogP contribution >= 0.6 is 0 Å². The Balaban J connectivity index is 1.60. The molecule has 2 heterocycles. The van der Waals surface area contributed by atoms with Crippen LogP contribution in [0.3, 0.4) is 0 Å². The molecule has 106 valence electrons. The minimum Gasteiger partial charge on any atom is -0.354 e. The smallest absolute Gasteiger partial charge is 0.222 e. The molecule has 0 aliphatic rings. The summed E-state index contributed by atoms with van der Waals surface area (Å²) in [6, 6.07) is 3.77. The van der Waals surface area contributed by atoms with Gasteiger partial charge in [-0.25, -0.2) is 19.9 Å². The molecule has 2 aromatic heterocycles. The molecule has 20 heavy (non-hydrogen) atoms. The zero-order valence-electron chi connectivity index (χ0n) is 11.9. The van der Waals surface area contributed by atoms with Crippen molar-refractivity contribution in [2.45, 2.75) is 26.7 Å². The molecule has 0 amide bonds. The molecule has 2 aromatic rings. The molecule has 0 bridgehead atoms. The van der Waals surface area contributed by atoms with Gasteiger partial charge in [0.05, 0.1) is 0 Å². The predicted molar refractivity (Wildman–Crippen MR) is 79.8 cm³/mol. The number of unbranched alkanes of at least 4 members (excludes halogenated alkanes) is 1. The van der Waals surface area contributed by atoms with Crippen LogP contribution in [0.25, 0.3) is 0 Å². The highest BCUT2D eigenvalue weighted by atomic mass is 15.1. The molecule has 6 nitrogen and oxygen atoms in total. The van der Waals surface area contributed by atoms with Crippen LogP contribution < -0.4 is 10.6 Å². The Morgan fingerprint density at radius 2 is 1.25 bits per heavy atom. The lowest BCUT2D eigenvalue weighted by atomic mass is 10.3. The Morgan fingerprint density at radius 3 is 1.65 bits per heavy atom. The first-order valence-corrected chi connectivity index (χ1v) is 6.81. The minimum absolute atomic E-state index is 0.694. The highest BCUT2D eigenvalue weighted by Crippen LogP contribution is 2.01. The molecule has 0 radical (unpaired) electrons. The van der Waals surface area contributed by atoms with E-state index in [1.807, 2.05) is 26.0 Å². The third kappa shape index (κ3) is 4.79. The number of rotatable bonds is 7. The monoisotopic (exact) mass is 272 g/mol. The van der Waals surface area contributed by atoms with Gasteiger partial charge < -0.3 is 10.6 Å². The number of nitrogens with zero attached hydrogens (tertiary/aromatic N) is 4. The zero-order chi connectivity index (χ0) is 14.2. The van der Waals surface area contributed by atoms with E-state index in [4.69, 9.17) is 0 Å². The van der Waals surface area contributed by atoms with Crippen molar-refractivity contribution in [2.24, 2.45) is 0 Å². The maximum absolute atomic E-state index is 4.29. The number of hydrogen-bond donors (Lipinski definition) is 2. The molecule has 0 aromatic carbocycles. The molecular formula is C14H20N6. The molecule has 0 unspecified atom stereocenters. The Labute approximate surface area is 119 Å². The van der Waals surface area contributed by atoms with Crippen LogP contribution in [-0.4, -0.2) is 33.0 Å². The SMILES string of the molecule is Cc1ccnc(NCCCCNc2nccc(C)n2)n1. The fraction of sp³-hybridized carbons (Fsp3) is 0.429. The highest BCUT2D eigenvalue weighted by Gasteiger charge is 1.97. The summed E-state index contributed by atoms with van der Waals surface area (Å²) in [5.41, 5.74) is 1.95. The quantitative estimate of drug-likeness (QED) is 0.752. The van der Waals surface area contributed by atoms with E-state index in [0.29, 0.717) is 11.9 Å². The first kappa shape index (κ1) is 14.2. The van der Waals surface area contributed by atoms with Gasteiger partial charge in [-0.1, -0.05) is 0 Å².